The van der Waals surface area contributed by atoms with E-state index in [9.17, 15) is 9.59 Å². The van der Waals surface area contributed by atoms with E-state index in [0.29, 0.717) is 18.7 Å². The summed E-state index contributed by atoms with van der Waals surface area (Å²) in [7, 11) is 0. The lowest BCUT2D eigenvalue weighted by Gasteiger charge is -2.44. The van der Waals surface area contributed by atoms with Crippen molar-refractivity contribution in [2.45, 2.75) is 52.1 Å². The van der Waals surface area contributed by atoms with Crippen LogP contribution in [0.4, 0.5) is 4.79 Å². The molecule has 0 aliphatic heterocycles. The molecule has 2 aliphatic carbocycles. The van der Waals surface area contributed by atoms with Crippen LogP contribution in [0.2, 0.25) is 0 Å². The fraction of sp³-hybridized carbons (Fsp3) is 0.846. The average Bonchev–Trinajstić information content (AvgIpc) is 2.33. The summed E-state index contributed by atoms with van der Waals surface area (Å²) in [6.45, 7) is 6.11. The Bertz CT molecular complexity index is 345. The number of fused-ring (bicyclic) bond motifs is 1. The third kappa shape index (κ3) is 2.45. The molecule has 0 unspecified atom stereocenters. The maximum atomic E-state index is 11.6. The minimum Gasteiger partial charge on any atom is -0.444 e. The third-order valence-electron chi connectivity index (χ3n) is 3.91. The van der Waals surface area contributed by atoms with Crippen molar-refractivity contribution in [3.63, 3.8) is 0 Å². The van der Waals surface area contributed by atoms with Crippen molar-refractivity contribution in [3.8, 4) is 0 Å². The molecule has 0 radical (unpaired) electrons. The molecule has 0 heterocycles. The number of nitrogens with one attached hydrogen (secondary N) is 1. The summed E-state index contributed by atoms with van der Waals surface area (Å²) in [6, 6.07) is 0. The van der Waals surface area contributed by atoms with Crippen LogP contribution in [0.15, 0.2) is 0 Å². The first-order valence-electron chi connectivity index (χ1n) is 6.32. The van der Waals surface area contributed by atoms with Crippen LogP contribution in [0.5, 0.6) is 0 Å². The second-order valence-corrected chi connectivity index (χ2v) is 6.28. The van der Waals surface area contributed by atoms with E-state index in [1.165, 1.54) is 0 Å². The summed E-state index contributed by atoms with van der Waals surface area (Å²) in [5.41, 5.74) is -0.416. The quantitative estimate of drug-likeness (QED) is 0.804. The monoisotopic (exact) mass is 239 g/mol. The Kier molecular flexibility index (Phi) is 2.92. The molecule has 4 heteroatoms. The van der Waals surface area contributed by atoms with Crippen LogP contribution in [0.3, 0.4) is 0 Å². The maximum absolute atomic E-state index is 11.6. The van der Waals surface area contributed by atoms with Crippen molar-refractivity contribution >= 4 is 11.9 Å². The van der Waals surface area contributed by atoms with Crippen LogP contribution in [-0.2, 0) is 9.53 Å². The first-order chi connectivity index (χ1) is 7.82. The van der Waals surface area contributed by atoms with Gasteiger partial charge in [0.1, 0.15) is 11.4 Å². The fourth-order valence-electron chi connectivity index (χ4n) is 2.91. The summed E-state index contributed by atoms with van der Waals surface area (Å²) in [4.78, 5) is 23.1. The van der Waals surface area contributed by atoms with Gasteiger partial charge in [0.25, 0.3) is 0 Å². The molecular formula is C13H21NO3. The van der Waals surface area contributed by atoms with Gasteiger partial charge in [-0.3, -0.25) is 4.79 Å². The van der Waals surface area contributed by atoms with Crippen LogP contribution in [0.1, 0.15) is 46.5 Å². The Morgan fingerprint density at radius 3 is 2.65 bits per heavy atom. The SMILES string of the molecule is CC(C)(C)OC(=O)NC[C@@]12CCC(=O)[C@@H]1CC2. The van der Waals surface area contributed by atoms with Crippen LogP contribution < -0.4 is 5.32 Å². The topological polar surface area (TPSA) is 55.4 Å². The zero-order valence-electron chi connectivity index (χ0n) is 10.8. The van der Waals surface area contributed by atoms with Gasteiger partial charge in [0.2, 0.25) is 0 Å². The summed E-state index contributed by atoms with van der Waals surface area (Å²) in [5, 5.41) is 2.81. The van der Waals surface area contributed by atoms with Crippen molar-refractivity contribution in [1.29, 1.82) is 0 Å². The molecule has 2 saturated carbocycles. The van der Waals surface area contributed by atoms with Gasteiger partial charge in [-0.2, -0.15) is 0 Å². The predicted octanol–water partition coefficient (Wildman–Crippen LogP) is 2.27. The Hall–Kier alpha value is -1.06. The molecule has 2 rings (SSSR count). The molecule has 2 atom stereocenters. The number of hydrogen-bond donors (Lipinski definition) is 1. The minimum absolute atomic E-state index is 0.0496. The van der Waals surface area contributed by atoms with Crippen LogP contribution in [0, 0.1) is 11.3 Å². The third-order valence-corrected chi connectivity index (χ3v) is 3.91. The fourth-order valence-corrected chi connectivity index (χ4v) is 2.91. The van der Waals surface area contributed by atoms with Gasteiger partial charge in [0.15, 0.2) is 0 Å². The van der Waals surface area contributed by atoms with E-state index >= 15 is 0 Å². The summed E-state index contributed by atoms with van der Waals surface area (Å²) in [5.74, 6) is 0.569. The number of amides is 1. The van der Waals surface area contributed by atoms with Gasteiger partial charge in [-0.15, -0.1) is 0 Å². The standard InChI is InChI=1S/C13H21NO3/c1-12(2,3)17-11(16)14-8-13-6-4-9(13)10(15)5-7-13/h9H,4-8H2,1-3H3,(H,14,16)/t9-,13+/m0/s1. The van der Waals surface area contributed by atoms with Crippen molar-refractivity contribution in [2.24, 2.45) is 11.3 Å². The second kappa shape index (κ2) is 4.00. The normalized spacial score (nSPS) is 31.7. The maximum Gasteiger partial charge on any atom is 0.407 e. The molecule has 0 spiro atoms. The Labute approximate surface area is 102 Å². The van der Waals surface area contributed by atoms with E-state index in [1.807, 2.05) is 20.8 Å². The van der Waals surface area contributed by atoms with Crippen molar-refractivity contribution in [2.75, 3.05) is 6.54 Å². The number of alkyl carbamates (subject to hydrolysis) is 1. The van der Waals surface area contributed by atoms with Crippen molar-refractivity contribution < 1.29 is 14.3 Å². The molecule has 4 nitrogen and oxygen atoms in total. The van der Waals surface area contributed by atoms with Gasteiger partial charge >= 0.3 is 6.09 Å². The largest absolute Gasteiger partial charge is 0.444 e. The summed E-state index contributed by atoms with van der Waals surface area (Å²) < 4.78 is 5.19. The highest BCUT2D eigenvalue weighted by molar-refractivity contribution is 5.85. The minimum atomic E-state index is -0.466. The van der Waals surface area contributed by atoms with Crippen LogP contribution >= 0.6 is 0 Å². The number of carbonyl (C=O) groups excluding carboxylic acids is 2. The Morgan fingerprint density at radius 1 is 1.47 bits per heavy atom. The molecule has 2 aliphatic rings. The van der Waals surface area contributed by atoms with Crippen LogP contribution in [-0.4, -0.2) is 24.0 Å². The number of carbonyl (C=O) groups is 2. The lowest BCUT2D eigenvalue weighted by molar-refractivity contribution is -0.126. The molecule has 0 aromatic heterocycles. The Balaban J connectivity index is 1.83. The molecule has 2 fully saturated rings. The van der Waals surface area contributed by atoms with Gasteiger partial charge in [0.05, 0.1) is 0 Å². The first-order valence-corrected chi connectivity index (χ1v) is 6.32. The number of rotatable bonds is 2. The summed E-state index contributed by atoms with van der Waals surface area (Å²) >= 11 is 0. The first kappa shape index (κ1) is 12.4. The second-order valence-electron chi connectivity index (χ2n) is 6.28. The number of ether oxygens (including phenoxy) is 1. The molecule has 17 heavy (non-hydrogen) atoms. The van der Waals surface area contributed by atoms with E-state index in [4.69, 9.17) is 4.74 Å². The van der Waals surface area contributed by atoms with E-state index in [2.05, 4.69) is 5.32 Å². The Morgan fingerprint density at radius 2 is 2.18 bits per heavy atom. The molecule has 1 N–H and O–H groups in total. The number of ketones is 1. The highest BCUT2D eigenvalue weighted by Crippen LogP contribution is 2.55. The average molecular weight is 239 g/mol. The molecule has 0 bridgehead atoms. The van der Waals surface area contributed by atoms with E-state index in [-0.39, 0.29) is 17.4 Å². The molecule has 96 valence electrons. The highest BCUT2D eigenvalue weighted by atomic mass is 16.6. The molecule has 1 amide bonds. The van der Waals surface area contributed by atoms with Crippen molar-refractivity contribution in [1.82, 2.24) is 5.32 Å². The van der Waals surface area contributed by atoms with Gasteiger partial charge in [-0.25, -0.2) is 4.79 Å². The van der Waals surface area contributed by atoms with Gasteiger partial charge in [-0.05, 0) is 45.4 Å². The summed E-state index contributed by atoms with van der Waals surface area (Å²) in [6.07, 6.45) is 3.28. The number of hydrogen-bond acceptors (Lipinski definition) is 3. The molecular weight excluding hydrogens is 218 g/mol. The van der Waals surface area contributed by atoms with Crippen LogP contribution in [0.25, 0.3) is 0 Å². The molecule has 0 saturated heterocycles. The highest BCUT2D eigenvalue weighted by Gasteiger charge is 2.54. The lowest BCUT2D eigenvalue weighted by Crippen LogP contribution is -2.48. The molecule has 0 aromatic rings. The van der Waals surface area contributed by atoms with E-state index in [1.54, 1.807) is 0 Å². The van der Waals surface area contributed by atoms with Gasteiger partial charge in [-0.1, -0.05) is 0 Å². The van der Waals surface area contributed by atoms with Crippen molar-refractivity contribution in [3.05, 3.63) is 0 Å². The zero-order chi connectivity index (χ0) is 12.7. The van der Waals surface area contributed by atoms with Gasteiger partial charge < -0.3 is 10.1 Å². The lowest BCUT2D eigenvalue weighted by atomic mass is 9.62. The smallest absolute Gasteiger partial charge is 0.407 e. The number of Topliss-reactive ketones (excluding diaryl/α,β-unsaturated/α-hetero) is 1. The molecule has 0 aromatic carbocycles. The van der Waals surface area contributed by atoms with Gasteiger partial charge in [0, 0.05) is 18.9 Å². The van der Waals surface area contributed by atoms with E-state index < -0.39 is 5.60 Å². The van der Waals surface area contributed by atoms with E-state index in [0.717, 1.165) is 19.3 Å². The predicted molar refractivity (Wildman–Crippen MR) is 63.6 cm³/mol. The zero-order valence-corrected chi connectivity index (χ0v) is 10.8.